The van der Waals surface area contributed by atoms with Crippen molar-refractivity contribution in [1.29, 1.82) is 0 Å². The molecule has 1 atom stereocenters. The molecule has 0 aromatic heterocycles. The topological polar surface area (TPSA) is 20.2 Å². The summed E-state index contributed by atoms with van der Waals surface area (Å²) in [6.07, 6.45) is -1.49. The summed E-state index contributed by atoms with van der Waals surface area (Å²) in [6.45, 7) is 1.85. The monoisotopic (exact) mass is 300 g/mol. The summed E-state index contributed by atoms with van der Waals surface area (Å²) in [6, 6.07) is 6.24. The number of aryl methyl sites for hydroxylation is 1. The van der Waals surface area contributed by atoms with Gasteiger partial charge in [-0.3, -0.25) is 0 Å². The first-order valence-corrected chi connectivity index (χ1v) is 6.34. The van der Waals surface area contributed by atoms with Crippen molar-refractivity contribution in [1.82, 2.24) is 0 Å². The first kappa shape index (κ1) is 14.9. The van der Waals surface area contributed by atoms with Crippen LogP contribution in [0.2, 0.25) is 5.02 Å². The second-order valence-corrected chi connectivity index (χ2v) is 5.01. The van der Waals surface area contributed by atoms with E-state index in [1.165, 1.54) is 0 Å². The first-order chi connectivity index (χ1) is 9.38. The van der Waals surface area contributed by atoms with E-state index >= 15 is 0 Å². The van der Waals surface area contributed by atoms with Gasteiger partial charge in [-0.1, -0.05) is 23.7 Å². The fraction of sp³-hybridized carbons (Fsp3) is 0.200. The van der Waals surface area contributed by atoms with Crippen LogP contribution in [-0.4, -0.2) is 5.11 Å². The minimum Gasteiger partial charge on any atom is -0.388 e. The molecule has 2 rings (SSSR count). The summed E-state index contributed by atoms with van der Waals surface area (Å²) in [7, 11) is 0. The Labute approximate surface area is 119 Å². The second-order valence-electron chi connectivity index (χ2n) is 4.60. The van der Waals surface area contributed by atoms with Crippen molar-refractivity contribution in [3.63, 3.8) is 0 Å². The van der Waals surface area contributed by atoms with Crippen LogP contribution in [-0.2, 0) is 6.42 Å². The van der Waals surface area contributed by atoms with E-state index in [1.807, 2.05) is 6.92 Å². The summed E-state index contributed by atoms with van der Waals surface area (Å²) >= 11 is 6.01. The van der Waals surface area contributed by atoms with Crippen LogP contribution in [0.25, 0.3) is 0 Å². The van der Waals surface area contributed by atoms with E-state index in [1.54, 1.807) is 18.2 Å². The lowest BCUT2D eigenvalue weighted by Crippen LogP contribution is -2.08. The molecule has 0 bridgehead atoms. The highest BCUT2D eigenvalue weighted by molar-refractivity contribution is 6.31. The molecule has 0 fully saturated rings. The Bertz CT molecular complexity index is 620. The van der Waals surface area contributed by atoms with Crippen molar-refractivity contribution < 1.29 is 18.3 Å². The van der Waals surface area contributed by atoms with Crippen molar-refractivity contribution >= 4 is 11.6 Å². The molecule has 0 aliphatic heterocycles. The molecule has 2 aromatic carbocycles. The van der Waals surface area contributed by atoms with Crippen LogP contribution in [0.5, 0.6) is 0 Å². The molecule has 1 unspecified atom stereocenters. The van der Waals surface area contributed by atoms with Gasteiger partial charge in [0.15, 0.2) is 0 Å². The molecular weight excluding hydrogens is 289 g/mol. The highest BCUT2D eigenvalue weighted by Gasteiger charge is 2.20. The van der Waals surface area contributed by atoms with Crippen molar-refractivity contribution in [3.05, 3.63) is 69.5 Å². The Kier molecular flexibility index (Phi) is 4.35. The quantitative estimate of drug-likeness (QED) is 0.894. The largest absolute Gasteiger partial charge is 0.388 e. The van der Waals surface area contributed by atoms with Gasteiger partial charge in [0.1, 0.15) is 17.5 Å². The van der Waals surface area contributed by atoms with Crippen LogP contribution in [0.4, 0.5) is 13.2 Å². The molecule has 20 heavy (non-hydrogen) atoms. The third kappa shape index (κ3) is 3.14. The third-order valence-corrected chi connectivity index (χ3v) is 3.35. The van der Waals surface area contributed by atoms with Crippen molar-refractivity contribution in [3.8, 4) is 0 Å². The van der Waals surface area contributed by atoms with E-state index in [0.29, 0.717) is 22.7 Å². The maximum absolute atomic E-state index is 13.6. The lowest BCUT2D eigenvalue weighted by atomic mass is 9.99. The molecule has 106 valence electrons. The van der Waals surface area contributed by atoms with Gasteiger partial charge in [0, 0.05) is 23.6 Å². The van der Waals surface area contributed by atoms with Gasteiger partial charge in [-0.15, -0.1) is 0 Å². The van der Waals surface area contributed by atoms with E-state index in [2.05, 4.69) is 0 Å². The maximum Gasteiger partial charge on any atom is 0.134 e. The predicted molar refractivity (Wildman–Crippen MR) is 71.2 cm³/mol. The normalized spacial score (nSPS) is 12.5. The average Bonchev–Trinajstić information content (AvgIpc) is 2.31. The molecule has 1 N–H and O–H groups in total. The van der Waals surface area contributed by atoms with Gasteiger partial charge in [0.05, 0.1) is 11.7 Å². The van der Waals surface area contributed by atoms with Crippen LogP contribution in [0.15, 0.2) is 30.3 Å². The molecule has 1 nitrogen and oxygen atoms in total. The van der Waals surface area contributed by atoms with E-state index in [0.717, 1.165) is 5.56 Å². The van der Waals surface area contributed by atoms with Crippen LogP contribution in [0.1, 0.15) is 22.8 Å². The number of rotatable bonds is 3. The van der Waals surface area contributed by atoms with Crippen LogP contribution < -0.4 is 0 Å². The first-order valence-electron chi connectivity index (χ1n) is 5.96. The Morgan fingerprint density at radius 3 is 2.25 bits per heavy atom. The number of halogens is 4. The van der Waals surface area contributed by atoms with Gasteiger partial charge in [-0.05, 0) is 24.1 Å². The zero-order valence-electron chi connectivity index (χ0n) is 10.6. The highest BCUT2D eigenvalue weighted by Crippen LogP contribution is 2.28. The molecule has 0 radical (unpaired) electrons. The lowest BCUT2D eigenvalue weighted by molar-refractivity contribution is 0.168. The summed E-state index contributed by atoms with van der Waals surface area (Å²) in [5.41, 5.74) is 0.948. The Balaban J connectivity index is 2.31. The Hall–Kier alpha value is -1.52. The number of aliphatic hydroxyl groups excluding tert-OH is 1. The van der Waals surface area contributed by atoms with Gasteiger partial charge in [0.25, 0.3) is 0 Å². The van der Waals surface area contributed by atoms with Crippen LogP contribution in [0.3, 0.4) is 0 Å². The molecule has 5 heteroatoms. The van der Waals surface area contributed by atoms with Gasteiger partial charge < -0.3 is 5.11 Å². The van der Waals surface area contributed by atoms with Crippen molar-refractivity contribution in [2.45, 2.75) is 19.4 Å². The molecule has 0 saturated heterocycles. The van der Waals surface area contributed by atoms with Gasteiger partial charge >= 0.3 is 0 Å². The fourth-order valence-electron chi connectivity index (χ4n) is 2.00. The van der Waals surface area contributed by atoms with Crippen LogP contribution in [0, 0.1) is 24.4 Å². The van der Waals surface area contributed by atoms with E-state index in [4.69, 9.17) is 11.6 Å². The number of hydrogen-bond acceptors (Lipinski definition) is 1. The third-order valence-electron chi connectivity index (χ3n) is 3.00. The van der Waals surface area contributed by atoms with Gasteiger partial charge in [-0.2, -0.15) is 0 Å². The van der Waals surface area contributed by atoms with Gasteiger partial charge in [0.2, 0.25) is 0 Å². The molecule has 0 saturated carbocycles. The molecule has 0 spiro atoms. The summed E-state index contributed by atoms with van der Waals surface area (Å²) < 4.78 is 39.9. The molecule has 0 heterocycles. The average molecular weight is 301 g/mol. The zero-order chi connectivity index (χ0) is 14.9. The molecule has 0 amide bonds. The van der Waals surface area contributed by atoms with Crippen LogP contribution >= 0.6 is 11.6 Å². The summed E-state index contributed by atoms with van der Waals surface area (Å²) in [4.78, 5) is 0. The Morgan fingerprint density at radius 1 is 1.10 bits per heavy atom. The molecular formula is C15H12ClF3O. The number of hydrogen-bond donors (Lipinski definition) is 1. The van der Waals surface area contributed by atoms with E-state index < -0.39 is 29.1 Å². The standard InChI is InChI=1S/C15H12ClF3O/c1-8-2-3-9(11(16)4-8)5-14(20)15-12(18)6-10(17)7-13(15)19/h2-4,6-7,14,20H,5H2,1H3. The second kappa shape index (κ2) is 5.85. The lowest BCUT2D eigenvalue weighted by Gasteiger charge is -2.14. The van der Waals surface area contributed by atoms with Crippen molar-refractivity contribution in [2.75, 3.05) is 0 Å². The highest BCUT2D eigenvalue weighted by atomic mass is 35.5. The molecule has 2 aromatic rings. The smallest absolute Gasteiger partial charge is 0.134 e. The minimum atomic E-state index is -1.43. The van der Waals surface area contributed by atoms with E-state index in [-0.39, 0.29) is 6.42 Å². The maximum atomic E-state index is 13.6. The summed E-state index contributed by atoms with van der Waals surface area (Å²) in [5.74, 6) is -3.25. The summed E-state index contributed by atoms with van der Waals surface area (Å²) in [5, 5.41) is 10.4. The zero-order valence-corrected chi connectivity index (χ0v) is 11.4. The molecule has 0 aliphatic rings. The van der Waals surface area contributed by atoms with Gasteiger partial charge in [-0.25, -0.2) is 13.2 Å². The SMILES string of the molecule is Cc1ccc(CC(O)c2c(F)cc(F)cc2F)c(Cl)c1. The number of aliphatic hydroxyl groups is 1. The minimum absolute atomic E-state index is 0.0570. The van der Waals surface area contributed by atoms with Crippen molar-refractivity contribution in [2.24, 2.45) is 0 Å². The fourth-order valence-corrected chi connectivity index (χ4v) is 2.31. The molecule has 0 aliphatic carbocycles. The Morgan fingerprint density at radius 2 is 1.70 bits per heavy atom. The van der Waals surface area contributed by atoms with E-state index in [9.17, 15) is 18.3 Å². The number of benzene rings is 2. The predicted octanol–water partition coefficient (Wildman–Crippen LogP) is 4.34.